The third-order valence-electron chi connectivity index (χ3n) is 5.86. The quantitative estimate of drug-likeness (QED) is 0.528. The van der Waals surface area contributed by atoms with E-state index in [9.17, 15) is 0 Å². The van der Waals surface area contributed by atoms with Crippen LogP contribution in [0.1, 0.15) is 42.3 Å². The molecule has 3 aromatic carbocycles. The van der Waals surface area contributed by atoms with E-state index in [0.29, 0.717) is 6.61 Å². The van der Waals surface area contributed by atoms with Gasteiger partial charge in [0.05, 0.1) is 32.6 Å². The second kappa shape index (κ2) is 8.46. The molecule has 0 unspecified atom stereocenters. The normalized spacial score (nSPS) is 18.8. The molecule has 0 fully saturated rings. The van der Waals surface area contributed by atoms with Crippen molar-refractivity contribution >= 4 is 5.71 Å². The van der Waals surface area contributed by atoms with Crippen LogP contribution in [-0.2, 0) is 0 Å². The lowest BCUT2D eigenvalue weighted by Gasteiger charge is -2.38. The molecule has 0 spiro atoms. The Hall–Kier alpha value is -3.67. The molecule has 164 valence electrons. The Labute approximate surface area is 188 Å². The van der Waals surface area contributed by atoms with Crippen molar-refractivity contribution in [2.45, 2.75) is 25.6 Å². The van der Waals surface area contributed by atoms with Crippen LogP contribution in [-0.4, -0.2) is 31.5 Å². The van der Waals surface area contributed by atoms with Crippen molar-refractivity contribution in [3.63, 3.8) is 0 Å². The number of hydrogen-bond donors (Lipinski definition) is 0. The molecular formula is C26H26N2O4. The highest BCUT2D eigenvalue weighted by atomic mass is 16.5. The number of hydrazone groups is 1. The smallest absolute Gasteiger partial charge is 0.214 e. The van der Waals surface area contributed by atoms with Gasteiger partial charge in [-0.15, -0.1) is 0 Å². The summed E-state index contributed by atoms with van der Waals surface area (Å²) in [4.78, 5) is 0. The van der Waals surface area contributed by atoms with E-state index in [4.69, 9.17) is 24.0 Å². The van der Waals surface area contributed by atoms with Crippen molar-refractivity contribution in [3.8, 4) is 23.0 Å². The first-order valence-electron chi connectivity index (χ1n) is 10.8. The molecule has 0 amide bonds. The topological polar surface area (TPSA) is 52.5 Å². The first kappa shape index (κ1) is 20.2. The maximum atomic E-state index is 6.56. The molecule has 0 saturated carbocycles. The van der Waals surface area contributed by atoms with E-state index >= 15 is 0 Å². The van der Waals surface area contributed by atoms with Crippen molar-refractivity contribution in [3.05, 3.63) is 83.4 Å². The van der Waals surface area contributed by atoms with Gasteiger partial charge in [0, 0.05) is 23.1 Å². The average molecular weight is 431 g/mol. The Morgan fingerprint density at radius 2 is 1.72 bits per heavy atom. The standard InChI is InChI=1S/C26H26N2O4/c1-4-31-24-13-7-12-21-23-16-22(17-8-5-10-19(14-17)29-2)27-28(23)26(32-25(21)24)18-9-6-11-20(15-18)30-3/h5-15,23,26H,4,16H2,1-3H3/t23-,26+/m0/s1. The van der Waals surface area contributed by atoms with Gasteiger partial charge in [0.2, 0.25) is 6.23 Å². The first-order chi connectivity index (χ1) is 15.7. The molecule has 6 nitrogen and oxygen atoms in total. The van der Waals surface area contributed by atoms with Gasteiger partial charge < -0.3 is 18.9 Å². The van der Waals surface area contributed by atoms with Crippen LogP contribution in [0, 0.1) is 0 Å². The first-order valence-corrected chi connectivity index (χ1v) is 10.8. The lowest BCUT2D eigenvalue weighted by Crippen LogP contribution is -2.34. The number of fused-ring (bicyclic) bond motifs is 3. The van der Waals surface area contributed by atoms with Gasteiger partial charge in [-0.3, -0.25) is 0 Å². The van der Waals surface area contributed by atoms with E-state index in [1.54, 1.807) is 14.2 Å². The summed E-state index contributed by atoms with van der Waals surface area (Å²) >= 11 is 0. The van der Waals surface area contributed by atoms with E-state index in [2.05, 4.69) is 17.1 Å². The third kappa shape index (κ3) is 3.51. The Bertz CT molecular complexity index is 1160. The number of hydrogen-bond acceptors (Lipinski definition) is 6. The van der Waals surface area contributed by atoms with Crippen molar-refractivity contribution in [1.82, 2.24) is 5.01 Å². The zero-order valence-corrected chi connectivity index (χ0v) is 18.4. The molecule has 32 heavy (non-hydrogen) atoms. The fraction of sp³-hybridized carbons (Fsp3) is 0.269. The zero-order valence-electron chi connectivity index (χ0n) is 18.4. The van der Waals surface area contributed by atoms with Crippen LogP contribution in [0.5, 0.6) is 23.0 Å². The van der Waals surface area contributed by atoms with E-state index in [0.717, 1.165) is 51.8 Å². The number of nitrogens with zero attached hydrogens (tertiary/aromatic N) is 2. The van der Waals surface area contributed by atoms with Crippen LogP contribution >= 0.6 is 0 Å². The molecule has 2 aliphatic rings. The van der Waals surface area contributed by atoms with Crippen LogP contribution in [0.25, 0.3) is 0 Å². The van der Waals surface area contributed by atoms with Gasteiger partial charge in [-0.05, 0) is 37.3 Å². The molecule has 2 aliphatic heterocycles. The van der Waals surface area contributed by atoms with Crippen LogP contribution in [0.15, 0.2) is 71.8 Å². The molecule has 3 aromatic rings. The highest BCUT2D eigenvalue weighted by Crippen LogP contribution is 2.51. The Kier molecular flexibility index (Phi) is 5.35. The van der Waals surface area contributed by atoms with E-state index < -0.39 is 6.23 Å². The number of rotatable bonds is 6. The Balaban J connectivity index is 1.61. The fourth-order valence-electron chi connectivity index (χ4n) is 4.35. The van der Waals surface area contributed by atoms with Crippen molar-refractivity contribution in [2.24, 2.45) is 5.10 Å². The molecule has 6 heteroatoms. The van der Waals surface area contributed by atoms with Crippen LogP contribution in [0.4, 0.5) is 0 Å². The molecule has 0 saturated heterocycles. The summed E-state index contributed by atoms with van der Waals surface area (Å²) in [6, 6.07) is 22.1. The molecule has 0 N–H and O–H groups in total. The minimum absolute atomic E-state index is 0.0385. The molecule has 0 aromatic heterocycles. The summed E-state index contributed by atoms with van der Waals surface area (Å²) in [5.74, 6) is 3.13. The second-order valence-electron chi connectivity index (χ2n) is 7.73. The molecule has 2 atom stereocenters. The third-order valence-corrected chi connectivity index (χ3v) is 5.86. The van der Waals surface area contributed by atoms with Crippen LogP contribution in [0.2, 0.25) is 0 Å². The lowest BCUT2D eigenvalue weighted by atomic mass is 9.95. The summed E-state index contributed by atoms with van der Waals surface area (Å²) in [7, 11) is 3.35. The van der Waals surface area contributed by atoms with Crippen molar-refractivity contribution in [1.29, 1.82) is 0 Å². The monoisotopic (exact) mass is 430 g/mol. The summed E-state index contributed by atoms with van der Waals surface area (Å²) in [5, 5.41) is 7.09. The van der Waals surface area contributed by atoms with Gasteiger partial charge in [-0.25, -0.2) is 5.01 Å². The van der Waals surface area contributed by atoms with Gasteiger partial charge in [-0.1, -0.05) is 36.4 Å². The number of benzene rings is 3. The molecule has 0 aliphatic carbocycles. The molecule has 2 heterocycles. The zero-order chi connectivity index (χ0) is 22.1. The lowest BCUT2D eigenvalue weighted by molar-refractivity contribution is -0.0213. The Morgan fingerprint density at radius 1 is 0.969 bits per heavy atom. The van der Waals surface area contributed by atoms with Crippen molar-refractivity contribution < 1.29 is 18.9 Å². The summed E-state index contributed by atoms with van der Waals surface area (Å²) in [6.45, 7) is 2.55. The van der Waals surface area contributed by atoms with E-state index in [1.807, 2.05) is 61.5 Å². The fourth-order valence-corrected chi connectivity index (χ4v) is 4.35. The van der Waals surface area contributed by atoms with E-state index in [-0.39, 0.29) is 6.04 Å². The summed E-state index contributed by atoms with van der Waals surface area (Å²) < 4.78 is 23.3. The van der Waals surface area contributed by atoms with Gasteiger partial charge in [-0.2, -0.15) is 5.10 Å². The number of methoxy groups -OCH3 is 2. The molecule has 5 rings (SSSR count). The SMILES string of the molecule is CCOc1cccc2c1O[C@H](c1cccc(OC)c1)N1N=C(c3cccc(OC)c3)C[C@@H]21. The van der Waals surface area contributed by atoms with Gasteiger partial charge in [0.15, 0.2) is 11.5 Å². The largest absolute Gasteiger partial charge is 0.497 e. The van der Waals surface area contributed by atoms with E-state index in [1.165, 1.54) is 0 Å². The van der Waals surface area contributed by atoms with Gasteiger partial charge in [0.1, 0.15) is 11.5 Å². The molecular weight excluding hydrogens is 404 g/mol. The van der Waals surface area contributed by atoms with Crippen LogP contribution < -0.4 is 18.9 Å². The predicted octanol–water partition coefficient (Wildman–Crippen LogP) is 5.34. The van der Waals surface area contributed by atoms with Gasteiger partial charge in [0.25, 0.3) is 0 Å². The molecule has 0 bridgehead atoms. The van der Waals surface area contributed by atoms with Crippen molar-refractivity contribution in [2.75, 3.05) is 20.8 Å². The minimum Gasteiger partial charge on any atom is -0.497 e. The predicted molar refractivity (Wildman–Crippen MR) is 123 cm³/mol. The Morgan fingerprint density at radius 3 is 2.50 bits per heavy atom. The highest BCUT2D eigenvalue weighted by molar-refractivity contribution is 6.02. The summed E-state index contributed by atoms with van der Waals surface area (Å²) in [5.41, 5.74) is 4.10. The molecule has 0 radical (unpaired) electrons. The number of para-hydroxylation sites is 1. The van der Waals surface area contributed by atoms with Gasteiger partial charge >= 0.3 is 0 Å². The number of ether oxygens (including phenoxy) is 4. The van der Waals surface area contributed by atoms with Crippen LogP contribution in [0.3, 0.4) is 0 Å². The minimum atomic E-state index is -0.396. The second-order valence-corrected chi connectivity index (χ2v) is 7.73. The average Bonchev–Trinajstić information content (AvgIpc) is 3.30. The highest BCUT2D eigenvalue weighted by Gasteiger charge is 2.42. The summed E-state index contributed by atoms with van der Waals surface area (Å²) in [6.07, 6.45) is 0.367. The maximum Gasteiger partial charge on any atom is 0.214 e. The maximum absolute atomic E-state index is 6.56.